The first kappa shape index (κ1) is 13.4. The summed E-state index contributed by atoms with van der Waals surface area (Å²) in [5.74, 6) is 0.498. The zero-order valence-corrected chi connectivity index (χ0v) is 11.7. The van der Waals surface area contributed by atoms with E-state index in [4.69, 9.17) is 10.5 Å². The molecule has 3 aromatic rings. The Bertz CT molecular complexity index is 797. The molecule has 0 aliphatic heterocycles. The number of benzene rings is 1. The first-order chi connectivity index (χ1) is 10.0. The van der Waals surface area contributed by atoms with Gasteiger partial charge in [-0.05, 0) is 24.1 Å². The summed E-state index contributed by atoms with van der Waals surface area (Å²) in [6, 6.07) is 6.21. The Morgan fingerprint density at radius 1 is 1.29 bits per heavy atom. The van der Waals surface area contributed by atoms with Gasteiger partial charge in [-0.1, -0.05) is 13.8 Å². The number of ether oxygens (including phenoxy) is 1. The van der Waals surface area contributed by atoms with Crippen molar-refractivity contribution >= 4 is 11.2 Å². The number of fused-ring (bicyclic) bond motifs is 1. The number of hydrogen-bond donors (Lipinski definition) is 1. The van der Waals surface area contributed by atoms with Gasteiger partial charge in [-0.25, -0.2) is 13.9 Å². The minimum Gasteiger partial charge on any atom is -0.437 e. The zero-order valence-electron chi connectivity index (χ0n) is 11.7. The van der Waals surface area contributed by atoms with Crippen LogP contribution in [0.4, 0.5) is 10.1 Å². The van der Waals surface area contributed by atoms with Crippen LogP contribution in [0.2, 0.25) is 0 Å². The predicted octanol–water partition coefficient (Wildman–Crippen LogP) is 3.37. The molecule has 0 bridgehead atoms. The third kappa shape index (κ3) is 2.52. The smallest absolute Gasteiger partial charge is 0.245 e. The Balaban J connectivity index is 2.01. The summed E-state index contributed by atoms with van der Waals surface area (Å²) in [6.45, 7) is 4.12. The highest BCUT2D eigenvalue weighted by molar-refractivity contribution is 5.58. The second-order valence-corrected chi connectivity index (χ2v) is 5.07. The van der Waals surface area contributed by atoms with Gasteiger partial charge in [-0.15, -0.1) is 0 Å². The lowest BCUT2D eigenvalue weighted by Gasteiger charge is -2.06. The lowest BCUT2D eigenvalue weighted by molar-refractivity contribution is 0.461. The van der Waals surface area contributed by atoms with E-state index in [1.807, 2.05) is 6.07 Å². The first-order valence-corrected chi connectivity index (χ1v) is 6.62. The van der Waals surface area contributed by atoms with E-state index in [0.717, 1.165) is 11.2 Å². The first-order valence-electron chi connectivity index (χ1n) is 6.62. The quantitative estimate of drug-likeness (QED) is 0.750. The summed E-state index contributed by atoms with van der Waals surface area (Å²) < 4.78 is 20.8. The normalized spacial score (nSPS) is 11.2. The molecule has 0 amide bonds. The molecule has 0 fully saturated rings. The molecule has 2 N–H and O–H groups in total. The van der Waals surface area contributed by atoms with E-state index in [1.54, 1.807) is 23.0 Å². The molecule has 3 rings (SSSR count). The van der Waals surface area contributed by atoms with Gasteiger partial charge in [0, 0.05) is 18.5 Å². The summed E-state index contributed by atoms with van der Waals surface area (Å²) >= 11 is 0. The van der Waals surface area contributed by atoms with E-state index in [0.29, 0.717) is 17.5 Å². The lowest BCUT2D eigenvalue weighted by Crippen LogP contribution is -1.95. The van der Waals surface area contributed by atoms with Crippen molar-refractivity contribution in [3.8, 4) is 11.6 Å². The summed E-state index contributed by atoms with van der Waals surface area (Å²) in [5, 5.41) is 4.45. The van der Waals surface area contributed by atoms with Gasteiger partial charge in [0.1, 0.15) is 17.1 Å². The average Bonchev–Trinajstić information content (AvgIpc) is 2.88. The molecular weight excluding hydrogens is 271 g/mol. The third-order valence-corrected chi connectivity index (χ3v) is 3.15. The third-order valence-electron chi connectivity index (χ3n) is 3.15. The van der Waals surface area contributed by atoms with Gasteiger partial charge in [0.25, 0.3) is 0 Å². The Labute approximate surface area is 121 Å². The molecule has 108 valence electrons. The summed E-state index contributed by atoms with van der Waals surface area (Å²) in [5.41, 5.74) is 7.21. The van der Waals surface area contributed by atoms with Crippen LogP contribution in [0.5, 0.6) is 11.6 Å². The zero-order chi connectivity index (χ0) is 15.0. The highest BCUT2D eigenvalue weighted by Crippen LogP contribution is 2.27. The second kappa shape index (κ2) is 5.05. The van der Waals surface area contributed by atoms with Crippen LogP contribution < -0.4 is 10.5 Å². The van der Waals surface area contributed by atoms with E-state index < -0.39 is 5.82 Å². The maximum absolute atomic E-state index is 13.5. The van der Waals surface area contributed by atoms with Crippen molar-refractivity contribution in [3.63, 3.8) is 0 Å². The Hall–Kier alpha value is -2.63. The number of aromatic nitrogens is 3. The van der Waals surface area contributed by atoms with Crippen LogP contribution in [0.15, 0.2) is 36.7 Å². The molecule has 0 aliphatic carbocycles. The van der Waals surface area contributed by atoms with Crippen LogP contribution in [-0.4, -0.2) is 14.6 Å². The van der Waals surface area contributed by atoms with Gasteiger partial charge < -0.3 is 10.5 Å². The lowest BCUT2D eigenvalue weighted by atomic mass is 10.1. The van der Waals surface area contributed by atoms with Gasteiger partial charge in [0.05, 0.1) is 11.4 Å². The Morgan fingerprint density at radius 2 is 2.10 bits per heavy atom. The van der Waals surface area contributed by atoms with Crippen LogP contribution in [0.1, 0.15) is 25.5 Å². The SMILES string of the molecule is CC(C)c1cc2c(Oc3ccc(N)c(F)c3)nccn2n1. The second-order valence-electron chi connectivity index (χ2n) is 5.07. The van der Waals surface area contributed by atoms with Crippen molar-refractivity contribution in [2.45, 2.75) is 19.8 Å². The molecule has 0 unspecified atom stereocenters. The average molecular weight is 286 g/mol. The maximum Gasteiger partial charge on any atom is 0.245 e. The number of anilines is 1. The van der Waals surface area contributed by atoms with E-state index in [1.165, 1.54) is 12.1 Å². The molecule has 0 aliphatic rings. The highest BCUT2D eigenvalue weighted by Gasteiger charge is 2.12. The highest BCUT2D eigenvalue weighted by atomic mass is 19.1. The Kier molecular flexibility index (Phi) is 3.21. The summed E-state index contributed by atoms with van der Waals surface area (Å²) in [7, 11) is 0. The van der Waals surface area contributed by atoms with Crippen molar-refractivity contribution in [2.75, 3.05) is 5.73 Å². The molecule has 5 nitrogen and oxygen atoms in total. The van der Waals surface area contributed by atoms with E-state index in [-0.39, 0.29) is 5.69 Å². The van der Waals surface area contributed by atoms with Crippen molar-refractivity contribution in [1.82, 2.24) is 14.6 Å². The van der Waals surface area contributed by atoms with Crippen molar-refractivity contribution in [1.29, 1.82) is 0 Å². The fourth-order valence-corrected chi connectivity index (χ4v) is 1.96. The van der Waals surface area contributed by atoms with Crippen LogP contribution in [0.3, 0.4) is 0 Å². The molecule has 0 saturated heterocycles. The van der Waals surface area contributed by atoms with E-state index in [9.17, 15) is 4.39 Å². The standard InChI is InChI=1S/C15H15FN4O/c1-9(2)13-8-14-15(18-5-6-20(14)19-13)21-10-3-4-12(17)11(16)7-10/h3-9H,17H2,1-2H3. The van der Waals surface area contributed by atoms with Crippen molar-refractivity contribution in [2.24, 2.45) is 0 Å². The molecule has 0 spiro atoms. The van der Waals surface area contributed by atoms with Gasteiger partial charge in [0.15, 0.2) is 0 Å². The summed E-state index contributed by atoms with van der Waals surface area (Å²) in [4.78, 5) is 4.19. The molecule has 0 radical (unpaired) electrons. The van der Waals surface area contributed by atoms with E-state index >= 15 is 0 Å². The van der Waals surface area contributed by atoms with Crippen LogP contribution >= 0.6 is 0 Å². The van der Waals surface area contributed by atoms with Crippen molar-refractivity contribution < 1.29 is 9.13 Å². The van der Waals surface area contributed by atoms with Crippen LogP contribution in [0, 0.1) is 5.82 Å². The number of nitrogens with zero attached hydrogens (tertiary/aromatic N) is 3. The molecule has 1 aromatic carbocycles. The molecule has 21 heavy (non-hydrogen) atoms. The Morgan fingerprint density at radius 3 is 2.81 bits per heavy atom. The van der Waals surface area contributed by atoms with E-state index in [2.05, 4.69) is 23.9 Å². The molecular formula is C15H15FN4O. The minimum absolute atomic E-state index is 0.0833. The number of halogens is 1. The fraction of sp³-hybridized carbons (Fsp3) is 0.200. The topological polar surface area (TPSA) is 65.4 Å². The molecule has 0 saturated carbocycles. The van der Waals surface area contributed by atoms with Crippen LogP contribution in [0.25, 0.3) is 5.52 Å². The minimum atomic E-state index is -0.518. The number of nitrogen functional groups attached to an aromatic ring is 1. The molecule has 0 atom stereocenters. The number of hydrogen-bond acceptors (Lipinski definition) is 4. The number of rotatable bonds is 3. The fourth-order valence-electron chi connectivity index (χ4n) is 1.96. The van der Waals surface area contributed by atoms with Gasteiger partial charge >= 0.3 is 0 Å². The largest absolute Gasteiger partial charge is 0.437 e. The van der Waals surface area contributed by atoms with Gasteiger partial charge in [-0.2, -0.15) is 5.10 Å². The van der Waals surface area contributed by atoms with Crippen molar-refractivity contribution in [3.05, 3.63) is 48.2 Å². The van der Waals surface area contributed by atoms with Crippen LogP contribution in [-0.2, 0) is 0 Å². The molecule has 6 heteroatoms. The predicted molar refractivity (Wildman–Crippen MR) is 78.0 cm³/mol. The molecule has 2 aromatic heterocycles. The summed E-state index contributed by atoms with van der Waals surface area (Å²) in [6.07, 6.45) is 3.34. The van der Waals surface area contributed by atoms with Gasteiger partial charge in [0.2, 0.25) is 5.88 Å². The van der Waals surface area contributed by atoms with Gasteiger partial charge in [-0.3, -0.25) is 0 Å². The maximum atomic E-state index is 13.5. The number of nitrogens with two attached hydrogens (primary N) is 1. The monoisotopic (exact) mass is 286 g/mol. The molecule has 2 heterocycles.